The first kappa shape index (κ1) is 20.4. The molecule has 30 heavy (non-hydrogen) atoms. The Bertz CT molecular complexity index is 933. The third-order valence-corrected chi connectivity index (χ3v) is 6.03. The van der Waals surface area contributed by atoms with Crippen LogP contribution in [-0.4, -0.2) is 71.0 Å². The highest BCUT2D eigenvalue weighted by atomic mass is 16.3. The predicted molar refractivity (Wildman–Crippen MR) is 115 cm³/mol. The topological polar surface area (TPSA) is 76.1 Å². The number of urea groups is 1. The SMILES string of the molecule is CC1CN(C(=O)Nc2cccc3c2CN(C)C3=O)CCN1CC(O)c1ccccc1. The van der Waals surface area contributed by atoms with Gasteiger partial charge in [-0.2, -0.15) is 0 Å². The number of rotatable bonds is 4. The number of aliphatic hydroxyl groups is 1. The molecule has 0 aromatic heterocycles. The van der Waals surface area contributed by atoms with Crippen LogP contribution in [-0.2, 0) is 6.54 Å². The zero-order chi connectivity index (χ0) is 21.3. The number of carbonyl (C=O) groups is 2. The van der Waals surface area contributed by atoms with Crippen molar-refractivity contribution in [2.75, 3.05) is 38.5 Å². The zero-order valence-electron chi connectivity index (χ0n) is 17.4. The van der Waals surface area contributed by atoms with E-state index in [0.717, 1.165) is 11.1 Å². The maximum Gasteiger partial charge on any atom is 0.321 e. The first-order valence-electron chi connectivity index (χ1n) is 10.3. The molecule has 2 atom stereocenters. The Hall–Kier alpha value is -2.90. The summed E-state index contributed by atoms with van der Waals surface area (Å²) in [4.78, 5) is 30.7. The van der Waals surface area contributed by atoms with Crippen molar-refractivity contribution in [1.29, 1.82) is 0 Å². The molecule has 0 bridgehead atoms. The summed E-state index contributed by atoms with van der Waals surface area (Å²) < 4.78 is 0. The van der Waals surface area contributed by atoms with E-state index in [-0.39, 0.29) is 18.0 Å². The van der Waals surface area contributed by atoms with Gasteiger partial charge in [0.15, 0.2) is 0 Å². The summed E-state index contributed by atoms with van der Waals surface area (Å²) in [6, 6.07) is 15.1. The van der Waals surface area contributed by atoms with Crippen molar-refractivity contribution in [3.8, 4) is 0 Å². The van der Waals surface area contributed by atoms with Gasteiger partial charge in [-0.1, -0.05) is 36.4 Å². The number of hydrogen-bond acceptors (Lipinski definition) is 4. The van der Waals surface area contributed by atoms with Gasteiger partial charge in [-0.25, -0.2) is 4.79 Å². The molecular formula is C23H28N4O3. The normalized spacial score (nSPS) is 20.2. The van der Waals surface area contributed by atoms with Crippen molar-refractivity contribution in [3.63, 3.8) is 0 Å². The number of amides is 3. The van der Waals surface area contributed by atoms with E-state index in [2.05, 4.69) is 17.1 Å². The van der Waals surface area contributed by atoms with E-state index >= 15 is 0 Å². The van der Waals surface area contributed by atoms with E-state index in [0.29, 0.717) is 44.0 Å². The number of aliphatic hydroxyl groups excluding tert-OH is 1. The highest BCUT2D eigenvalue weighted by Crippen LogP contribution is 2.28. The lowest BCUT2D eigenvalue weighted by atomic mass is 10.1. The van der Waals surface area contributed by atoms with Crippen molar-refractivity contribution in [2.45, 2.75) is 25.6 Å². The minimum absolute atomic E-state index is 0.0136. The molecule has 4 rings (SSSR count). The molecule has 0 radical (unpaired) electrons. The quantitative estimate of drug-likeness (QED) is 0.815. The van der Waals surface area contributed by atoms with Crippen molar-refractivity contribution >= 4 is 17.6 Å². The number of anilines is 1. The minimum atomic E-state index is -0.546. The van der Waals surface area contributed by atoms with E-state index in [1.54, 1.807) is 29.0 Å². The van der Waals surface area contributed by atoms with Crippen LogP contribution in [0.3, 0.4) is 0 Å². The third kappa shape index (κ3) is 4.04. The lowest BCUT2D eigenvalue weighted by Gasteiger charge is -2.40. The molecule has 7 nitrogen and oxygen atoms in total. The minimum Gasteiger partial charge on any atom is -0.387 e. The summed E-state index contributed by atoms with van der Waals surface area (Å²) in [5.41, 5.74) is 3.13. The molecule has 158 valence electrons. The van der Waals surface area contributed by atoms with E-state index in [1.807, 2.05) is 36.4 Å². The van der Waals surface area contributed by atoms with Crippen LogP contribution >= 0.6 is 0 Å². The molecule has 0 aliphatic carbocycles. The van der Waals surface area contributed by atoms with E-state index in [4.69, 9.17) is 0 Å². The molecule has 2 aromatic rings. The van der Waals surface area contributed by atoms with Gasteiger partial charge < -0.3 is 20.2 Å². The Kier molecular flexibility index (Phi) is 5.74. The summed E-state index contributed by atoms with van der Waals surface area (Å²) in [7, 11) is 1.76. The van der Waals surface area contributed by atoms with Crippen molar-refractivity contribution in [2.24, 2.45) is 0 Å². The summed E-state index contributed by atoms with van der Waals surface area (Å²) in [6.45, 7) is 5.00. The number of benzene rings is 2. The average Bonchev–Trinajstić information content (AvgIpc) is 3.05. The summed E-state index contributed by atoms with van der Waals surface area (Å²) in [6.07, 6.45) is -0.546. The van der Waals surface area contributed by atoms with Gasteiger partial charge in [0.2, 0.25) is 0 Å². The smallest absolute Gasteiger partial charge is 0.321 e. The van der Waals surface area contributed by atoms with Crippen LogP contribution in [0.2, 0.25) is 0 Å². The molecule has 2 heterocycles. The Morgan fingerprint density at radius 1 is 1.17 bits per heavy atom. The van der Waals surface area contributed by atoms with Crippen molar-refractivity contribution in [1.82, 2.24) is 14.7 Å². The molecule has 1 fully saturated rings. The van der Waals surface area contributed by atoms with Gasteiger partial charge in [-0.05, 0) is 24.6 Å². The van der Waals surface area contributed by atoms with Gasteiger partial charge in [0.05, 0.1) is 6.10 Å². The molecule has 2 N–H and O–H groups in total. The number of carbonyl (C=O) groups excluding carboxylic acids is 2. The molecule has 7 heteroatoms. The van der Waals surface area contributed by atoms with Crippen molar-refractivity contribution < 1.29 is 14.7 Å². The van der Waals surface area contributed by atoms with E-state index in [9.17, 15) is 14.7 Å². The van der Waals surface area contributed by atoms with Gasteiger partial charge >= 0.3 is 6.03 Å². The Balaban J connectivity index is 1.36. The summed E-state index contributed by atoms with van der Waals surface area (Å²) >= 11 is 0. The number of fused-ring (bicyclic) bond motifs is 1. The fraction of sp³-hybridized carbons (Fsp3) is 0.391. The molecule has 1 saturated heterocycles. The van der Waals surface area contributed by atoms with E-state index < -0.39 is 6.10 Å². The van der Waals surface area contributed by atoms with Gasteiger partial charge in [-0.15, -0.1) is 0 Å². The number of nitrogens with one attached hydrogen (secondary N) is 1. The second kappa shape index (κ2) is 8.45. The molecule has 2 unspecified atom stereocenters. The maximum atomic E-state index is 12.9. The number of hydrogen-bond donors (Lipinski definition) is 2. The number of nitrogens with zero attached hydrogens (tertiary/aromatic N) is 3. The van der Waals surface area contributed by atoms with Crippen LogP contribution in [0.15, 0.2) is 48.5 Å². The Morgan fingerprint density at radius 3 is 2.67 bits per heavy atom. The highest BCUT2D eigenvalue weighted by Gasteiger charge is 2.30. The lowest BCUT2D eigenvalue weighted by Crippen LogP contribution is -2.55. The van der Waals surface area contributed by atoms with Gasteiger partial charge in [0.25, 0.3) is 5.91 Å². The van der Waals surface area contributed by atoms with Crippen LogP contribution in [0.5, 0.6) is 0 Å². The molecular weight excluding hydrogens is 380 g/mol. The summed E-state index contributed by atoms with van der Waals surface area (Å²) in [5, 5.41) is 13.5. The standard InChI is InChI=1S/C23H28N4O3/c1-16-13-27(12-11-26(16)15-21(28)17-7-4-3-5-8-17)23(30)24-20-10-6-9-18-19(20)14-25(2)22(18)29/h3-10,16,21,28H,11-15H2,1-2H3,(H,24,30). The first-order chi connectivity index (χ1) is 14.4. The molecule has 0 saturated carbocycles. The van der Waals surface area contributed by atoms with Crippen LogP contribution in [0.4, 0.5) is 10.5 Å². The lowest BCUT2D eigenvalue weighted by molar-refractivity contribution is 0.0517. The number of β-amino-alcohol motifs (C(OH)–C–C–N with tert-alkyl or cyclic N) is 1. The van der Waals surface area contributed by atoms with Crippen LogP contribution in [0.25, 0.3) is 0 Å². The van der Waals surface area contributed by atoms with Gasteiger partial charge in [0, 0.05) is 62.6 Å². The highest BCUT2D eigenvalue weighted by molar-refractivity contribution is 6.01. The fourth-order valence-electron chi connectivity index (χ4n) is 4.24. The maximum absolute atomic E-state index is 12.9. The van der Waals surface area contributed by atoms with E-state index in [1.165, 1.54) is 0 Å². The molecule has 2 aliphatic heterocycles. The average molecular weight is 409 g/mol. The van der Waals surface area contributed by atoms with Crippen LogP contribution in [0.1, 0.15) is 34.5 Å². The predicted octanol–water partition coefficient (Wildman–Crippen LogP) is 2.54. The first-order valence-corrected chi connectivity index (χ1v) is 10.3. The monoisotopic (exact) mass is 408 g/mol. The summed E-state index contributed by atoms with van der Waals surface area (Å²) in [5.74, 6) is -0.0136. The molecule has 2 aliphatic rings. The Labute approximate surface area is 176 Å². The zero-order valence-corrected chi connectivity index (χ0v) is 17.4. The largest absolute Gasteiger partial charge is 0.387 e. The fourth-order valence-corrected chi connectivity index (χ4v) is 4.24. The number of piperazine rings is 1. The molecule has 0 spiro atoms. The van der Waals surface area contributed by atoms with Gasteiger partial charge in [0.1, 0.15) is 0 Å². The van der Waals surface area contributed by atoms with Crippen LogP contribution in [0, 0.1) is 0 Å². The van der Waals surface area contributed by atoms with Gasteiger partial charge in [-0.3, -0.25) is 9.69 Å². The molecule has 2 aromatic carbocycles. The third-order valence-electron chi connectivity index (χ3n) is 6.03. The van der Waals surface area contributed by atoms with Crippen LogP contribution < -0.4 is 5.32 Å². The second-order valence-corrected chi connectivity index (χ2v) is 8.14. The second-order valence-electron chi connectivity index (χ2n) is 8.14. The van der Waals surface area contributed by atoms with Crippen molar-refractivity contribution in [3.05, 3.63) is 65.2 Å². The Morgan fingerprint density at radius 2 is 1.93 bits per heavy atom. The molecule has 3 amide bonds.